The van der Waals surface area contributed by atoms with Crippen LogP contribution in [0, 0.1) is 0 Å². The highest BCUT2D eigenvalue weighted by molar-refractivity contribution is 6.11. The molecule has 0 amide bonds. The highest BCUT2D eigenvalue weighted by Crippen LogP contribution is 2.54. The van der Waals surface area contributed by atoms with Crippen LogP contribution in [0.4, 0.5) is 17.1 Å². The van der Waals surface area contributed by atoms with Gasteiger partial charge in [0.15, 0.2) is 0 Å². The summed E-state index contributed by atoms with van der Waals surface area (Å²) in [5.74, 6) is 0. The lowest BCUT2D eigenvalue weighted by molar-refractivity contribution is 0.661. The van der Waals surface area contributed by atoms with Crippen LogP contribution in [-0.2, 0) is 5.41 Å². The van der Waals surface area contributed by atoms with Crippen molar-refractivity contribution in [2.45, 2.75) is 19.3 Å². The summed E-state index contributed by atoms with van der Waals surface area (Å²) in [6.45, 7) is 4.74. The van der Waals surface area contributed by atoms with E-state index in [1.807, 2.05) is 0 Å². The second-order valence-electron chi connectivity index (χ2n) is 14.5. The Kier molecular flexibility index (Phi) is 6.91. The van der Waals surface area contributed by atoms with Gasteiger partial charge in [-0.15, -0.1) is 0 Å². The van der Waals surface area contributed by atoms with Crippen LogP contribution < -0.4 is 4.90 Å². The fourth-order valence-corrected chi connectivity index (χ4v) is 8.67. The molecule has 0 fully saturated rings. The average molecular weight is 664 g/mol. The molecule has 0 bridgehead atoms. The number of rotatable bonds is 5. The topological polar surface area (TPSA) is 3.24 Å². The third-order valence-electron chi connectivity index (χ3n) is 11.2. The lowest BCUT2D eigenvalue weighted by Crippen LogP contribution is -2.15. The predicted molar refractivity (Wildman–Crippen MR) is 222 cm³/mol. The van der Waals surface area contributed by atoms with Crippen molar-refractivity contribution < 1.29 is 0 Å². The van der Waals surface area contributed by atoms with E-state index in [1.54, 1.807) is 0 Å². The summed E-state index contributed by atoms with van der Waals surface area (Å²) in [6.07, 6.45) is 0. The van der Waals surface area contributed by atoms with E-state index < -0.39 is 0 Å². The van der Waals surface area contributed by atoms with Crippen LogP contribution in [0.5, 0.6) is 0 Å². The lowest BCUT2D eigenvalue weighted by atomic mass is 9.82. The molecule has 9 aromatic carbocycles. The van der Waals surface area contributed by atoms with Crippen LogP contribution in [0.2, 0.25) is 0 Å². The van der Waals surface area contributed by atoms with Crippen molar-refractivity contribution in [2.24, 2.45) is 0 Å². The molecule has 0 N–H and O–H groups in total. The van der Waals surface area contributed by atoms with Crippen molar-refractivity contribution in [3.63, 3.8) is 0 Å². The molecule has 1 aliphatic carbocycles. The second-order valence-corrected chi connectivity index (χ2v) is 14.5. The van der Waals surface area contributed by atoms with Gasteiger partial charge in [0, 0.05) is 27.7 Å². The Morgan fingerprint density at radius 3 is 1.69 bits per heavy atom. The molecular formula is C51H37N. The van der Waals surface area contributed by atoms with E-state index >= 15 is 0 Å². The van der Waals surface area contributed by atoms with E-state index in [0.717, 1.165) is 11.4 Å². The van der Waals surface area contributed by atoms with E-state index in [2.05, 4.69) is 207 Å². The van der Waals surface area contributed by atoms with Gasteiger partial charge in [-0.05, 0) is 90.1 Å². The molecule has 1 nitrogen and oxygen atoms in total. The van der Waals surface area contributed by atoms with Crippen molar-refractivity contribution in [1.82, 2.24) is 0 Å². The Labute approximate surface area is 305 Å². The number of nitrogens with zero attached hydrogens (tertiary/aromatic N) is 1. The first-order chi connectivity index (χ1) is 25.6. The SMILES string of the molecule is CC1(C)c2ccc(N(c3ccc(-c4ccccc4)cc3)c3c(-c4cccc5ccccc45)ccc4ccccc34)cc2-c2c1ccc1ccccc21. The number of hydrogen-bond acceptors (Lipinski definition) is 1. The maximum Gasteiger partial charge on any atom is 0.0618 e. The molecule has 0 unspecified atom stereocenters. The van der Waals surface area contributed by atoms with Crippen LogP contribution >= 0.6 is 0 Å². The molecule has 52 heavy (non-hydrogen) atoms. The summed E-state index contributed by atoms with van der Waals surface area (Å²) in [7, 11) is 0. The van der Waals surface area contributed by atoms with Gasteiger partial charge in [0.1, 0.15) is 0 Å². The van der Waals surface area contributed by atoms with Crippen LogP contribution in [0.1, 0.15) is 25.0 Å². The first-order valence-corrected chi connectivity index (χ1v) is 18.2. The minimum Gasteiger partial charge on any atom is -0.309 e. The first kappa shape index (κ1) is 30.4. The summed E-state index contributed by atoms with van der Waals surface area (Å²) in [4.78, 5) is 2.50. The van der Waals surface area contributed by atoms with E-state index in [-0.39, 0.29) is 5.41 Å². The molecule has 0 aromatic heterocycles. The molecule has 0 spiro atoms. The number of anilines is 3. The standard InChI is InChI=1S/C51H37N/c1-51(2)47-32-29-40(33-46(47)49-42-20-10-7-16-37(42)26-31-48(49)51)52(39-27-23-35(24-28-39)34-13-4-3-5-14-34)50-43-21-11-8-17-38(43)25-30-45(50)44-22-12-18-36-15-6-9-19-41(36)44/h3-33H,1-2H3. The Bertz CT molecular complexity index is 2800. The normalized spacial score (nSPS) is 13.0. The van der Waals surface area contributed by atoms with Crippen LogP contribution in [0.3, 0.4) is 0 Å². The van der Waals surface area contributed by atoms with Crippen LogP contribution in [0.25, 0.3) is 65.7 Å². The predicted octanol–water partition coefficient (Wildman–Crippen LogP) is 14.3. The zero-order valence-corrected chi connectivity index (χ0v) is 29.3. The van der Waals surface area contributed by atoms with Gasteiger partial charge in [-0.1, -0.05) is 178 Å². The molecular weight excluding hydrogens is 627 g/mol. The van der Waals surface area contributed by atoms with E-state index in [0.29, 0.717) is 0 Å². The lowest BCUT2D eigenvalue weighted by Gasteiger charge is -2.30. The molecule has 246 valence electrons. The molecule has 1 heteroatoms. The molecule has 0 aliphatic heterocycles. The Morgan fingerprint density at radius 1 is 0.365 bits per heavy atom. The molecule has 0 atom stereocenters. The van der Waals surface area contributed by atoms with E-state index in [9.17, 15) is 0 Å². The first-order valence-electron chi connectivity index (χ1n) is 18.2. The second kappa shape index (κ2) is 11.8. The zero-order valence-electron chi connectivity index (χ0n) is 29.3. The zero-order chi connectivity index (χ0) is 34.8. The van der Waals surface area contributed by atoms with Crippen LogP contribution in [-0.4, -0.2) is 0 Å². The van der Waals surface area contributed by atoms with Crippen molar-refractivity contribution >= 4 is 49.4 Å². The molecule has 1 aliphatic rings. The monoisotopic (exact) mass is 663 g/mol. The van der Waals surface area contributed by atoms with Crippen molar-refractivity contribution in [2.75, 3.05) is 4.90 Å². The minimum absolute atomic E-state index is 0.108. The molecule has 0 saturated carbocycles. The third-order valence-corrected chi connectivity index (χ3v) is 11.2. The van der Waals surface area contributed by atoms with Crippen LogP contribution in [0.15, 0.2) is 188 Å². The fourth-order valence-electron chi connectivity index (χ4n) is 8.67. The molecule has 10 rings (SSSR count). The Morgan fingerprint density at radius 2 is 0.923 bits per heavy atom. The average Bonchev–Trinajstić information content (AvgIpc) is 3.44. The smallest absolute Gasteiger partial charge is 0.0618 e. The summed E-state index contributed by atoms with van der Waals surface area (Å²) < 4.78 is 0. The minimum atomic E-state index is -0.108. The van der Waals surface area contributed by atoms with E-state index in [1.165, 1.54) is 82.5 Å². The molecule has 0 heterocycles. The fraction of sp³-hybridized carbons (Fsp3) is 0.0588. The highest BCUT2D eigenvalue weighted by Gasteiger charge is 2.37. The van der Waals surface area contributed by atoms with Gasteiger partial charge in [-0.25, -0.2) is 0 Å². The molecule has 0 saturated heterocycles. The summed E-state index contributed by atoms with van der Waals surface area (Å²) in [5, 5.41) is 7.50. The summed E-state index contributed by atoms with van der Waals surface area (Å²) in [5.41, 5.74) is 13.6. The van der Waals surface area contributed by atoms with Crippen molar-refractivity contribution in [3.05, 3.63) is 199 Å². The number of fused-ring (bicyclic) bond motifs is 7. The van der Waals surface area contributed by atoms with Gasteiger partial charge in [0.2, 0.25) is 0 Å². The van der Waals surface area contributed by atoms with Gasteiger partial charge in [-0.3, -0.25) is 0 Å². The maximum atomic E-state index is 2.50. The van der Waals surface area contributed by atoms with Gasteiger partial charge < -0.3 is 4.90 Å². The van der Waals surface area contributed by atoms with Crippen molar-refractivity contribution in [3.8, 4) is 33.4 Å². The van der Waals surface area contributed by atoms with Gasteiger partial charge >= 0.3 is 0 Å². The highest BCUT2D eigenvalue weighted by atomic mass is 15.1. The third kappa shape index (κ3) is 4.70. The maximum absolute atomic E-state index is 2.50. The molecule has 0 radical (unpaired) electrons. The van der Waals surface area contributed by atoms with Crippen molar-refractivity contribution in [1.29, 1.82) is 0 Å². The number of benzene rings is 9. The Hall–Kier alpha value is -6.44. The number of hydrogen-bond donors (Lipinski definition) is 0. The Balaban J connectivity index is 1.28. The summed E-state index contributed by atoms with van der Waals surface area (Å²) in [6, 6.07) is 69.2. The van der Waals surface area contributed by atoms with Gasteiger partial charge in [0.05, 0.1) is 5.69 Å². The van der Waals surface area contributed by atoms with E-state index in [4.69, 9.17) is 0 Å². The largest absolute Gasteiger partial charge is 0.309 e. The quantitative estimate of drug-likeness (QED) is 0.177. The molecule has 9 aromatic rings. The van der Waals surface area contributed by atoms with Gasteiger partial charge in [-0.2, -0.15) is 0 Å². The van der Waals surface area contributed by atoms with Gasteiger partial charge in [0.25, 0.3) is 0 Å². The summed E-state index contributed by atoms with van der Waals surface area (Å²) >= 11 is 0.